The highest BCUT2D eigenvalue weighted by atomic mass is 16.7. The van der Waals surface area contributed by atoms with E-state index in [1.165, 1.54) is 22.3 Å². The summed E-state index contributed by atoms with van der Waals surface area (Å²) in [5.74, 6) is 2.83. The van der Waals surface area contributed by atoms with Crippen molar-refractivity contribution in [1.29, 1.82) is 0 Å². The minimum atomic E-state index is -0.572. The molecule has 3 atom stereocenters. The lowest BCUT2D eigenvalue weighted by atomic mass is 9.58. The molecule has 196 valence electrons. The highest BCUT2D eigenvalue weighted by Crippen LogP contribution is 2.53. The fourth-order valence-electron chi connectivity index (χ4n) is 7.08. The maximum Gasteiger partial charge on any atom is 0.231 e. The van der Waals surface area contributed by atoms with Crippen molar-refractivity contribution in [3.63, 3.8) is 0 Å². The van der Waals surface area contributed by atoms with Crippen molar-refractivity contribution in [3.8, 4) is 17.2 Å². The topological polar surface area (TPSA) is 47.9 Å². The average molecular weight is 495 g/mol. The molecule has 5 rings (SSSR count). The molecule has 2 heterocycles. The first-order valence-electron chi connectivity index (χ1n) is 13.4. The number of aryl methyl sites for hydroxylation is 1. The van der Waals surface area contributed by atoms with Crippen molar-refractivity contribution in [3.05, 3.63) is 51.6 Å². The Hall–Kier alpha value is -2.24. The molecule has 5 heteroatoms. The van der Waals surface area contributed by atoms with Crippen molar-refractivity contribution in [2.24, 2.45) is 5.92 Å². The summed E-state index contributed by atoms with van der Waals surface area (Å²) in [7, 11) is 6.23. The minimum absolute atomic E-state index is 0.0769. The zero-order chi connectivity index (χ0) is 26.2. The molecule has 3 aliphatic rings. The maximum absolute atomic E-state index is 11.8. The first-order chi connectivity index (χ1) is 16.8. The van der Waals surface area contributed by atoms with Crippen LogP contribution in [0.4, 0.5) is 0 Å². The standard InChI is InChI=1S/C31H44NO4/c1-18-12-23-22(30(3,4)16-19(2)31(23,5)6)14-21(18)25(33)15-24-27-20(10-11-32(24,7)8)13-26-28(29(27)34-9)36-17-35-26/h12-14,19,24-25,33H,10-11,15-17H2,1-9H3/q+1/t19-,24-,25+/m0/s1. The van der Waals surface area contributed by atoms with Crippen LogP contribution >= 0.6 is 0 Å². The number of aliphatic hydroxyl groups excluding tert-OH is 1. The van der Waals surface area contributed by atoms with E-state index in [0.29, 0.717) is 18.1 Å². The van der Waals surface area contributed by atoms with E-state index in [0.717, 1.165) is 46.5 Å². The molecule has 0 saturated heterocycles. The number of hydrogen-bond donors (Lipinski definition) is 1. The van der Waals surface area contributed by atoms with Crippen molar-refractivity contribution in [1.82, 2.24) is 0 Å². The summed E-state index contributed by atoms with van der Waals surface area (Å²) >= 11 is 0. The van der Waals surface area contributed by atoms with Crippen LogP contribution in [0.3, 0.4) is 0 Å². The summed E-state index contributed by atoms with van der Waals surface area (Å²) in [6.07, 6.45) is 2.14. The van der Waals surface area contributed by atoms with Gasteiger partial charge in [-0.15, -0.1) is 0 Å². The van der Waals surface area contributed by atoms with E-state index in [1.54, 1.807) is 7.11 Å². The zero-order valence-electron chi connectivity index (χ0n) is 23.6. The van der Waals surface area contributed by atoms with Crippen LogP contribution in [0, 0.1) is 12.8 Å². The SMILES string of the molecule is COc1c2c(cc3c1[C@H](C[C@@H](O)c1cc4c(cc1C)C(C)(C)[C@@H](C)CC4(C)C)[N+](C)(C)CC3)OCO2. The Balaban J connectivity index is 1.57. The van der Waals surface area contributed by atoms with Gasteiger partial charge in [-0.2, -0.15) is 0 Å². The van der Waals surface area contributed by atoms with Gasteiger partial charge >= 0.3 is 0 Å². The summed E-state index contributed by atoms with van der Waals surface area (Å²) < 4.78 is 18.2. The van der Waals surface area contributed by atoms with Gasteiger partial charge in [0, 0.05) is 12.8 Å². The molecule has 0 radical (unpaired) electrons. The number of benzene rings is 2. The van der Waals surface area contributed by atoms with Gasteiger partial charge in [0.25, 0.3) is 0 Å². The summed E-state index contributed by atoms with van der Waals surface area (Å²) in [5, 5.41) is 11.8. The van der Waals surface area contributed by atoms with E-state index in [1.807, 2.05) is 0 Å². The van der Waals surface area contributed by atoms with Crippen molar-refractivity contribution in [2.45, 2.75) is 83.8 Å². The Morgan fingerprint density at radius 2 is 1.83 bits per heavy atom. The van der Waals surface area contributed by atoms with Crippen LogP contribution in [0.2, 0.25) is 0 Å². The molecule has 36 heavy (non-hydrogen) atoms. The third-order valence-electron chi connectivity index (χ3n) is 9.77. The van der Waals surface area contributed by atoms with Gasteiger partial charge in [0.15, 0.2) is 11.5 Å². The Morgan fingerprint density at radius 1 is 1.11 bits per heavy atom. The van der Waals surface area contributed by atoms with Crippen LogP contribution in [0.15, 0.2) is 18.2 Å². The van der Waals surface area contributed by atoms with Gasteiger partial charge < -0.3 is 23.8 Å². The molecule has 0 aromatic heterocycles. The molecule has 1 aliphatic carbocycles. The van der Waals surface area contributed by atoms with Gasteiger partial charge in [0.05, 0.1) is 39.4 Å². The van der Waals surface area contributed by atoms with E-state index in [2.05, 4.69) is 73.8 Å². The van der Waals surface area contributed by atoms with Gasteiger partial charge in [0.1, 0.15) is 6.04 Å². The number of hydrogen-bond acceptors (Lipinski definition) is 4. The van der Waals surface area contributed by atoms with E-state index in [9.17, 15) is 5.11 Å². The van der Waals surface area contributed by atoms with Gasteiger partial charge in [-0.25, -0.2) is 0 Å². The molecule has 0 saturated carbocycles. The Morgan fingerprint density at radius 3 is 2.53 bits per heavy atom. The number of rotatable bonds is 4. The number of methoxy groups -OCH3 is 1. The van der Waals surface area contributed by atoms with Crippen LogP contribution in [-0.2, 0) is 17.3 Å². The molecule has 0 amide bonds. The Labute approximate surface area is 217 Å². The minimum Gasteiger partial charge on any atom is -0.492 e. The fraction of sp³-hybridized carbons (Fsp3) is 0.613. The molecular weight excluding hydrogens is 450 g/mol. The smallest absolute Gasteiger partial charge is 0.231 e. The summed E-state index contributed by atoms with van der Waals surface area (Å²) in [4.78, 5) is 0. The summed E-state index contributed by atoms with van der Waals surface area (Å²) in [6.45, 7) is 15.2. The molecule has 0 bridgehead atoms. The van der Waals surface area contributed by atoms with E-state index >= 15 is 0 Å². The predicted molar refractivity (Wildman–Crippen MR) is 143 cm³/mol. The third-order valence-corrected chi connectivity index (χ3v) is 9.77. The van der Waals surface area contributed by atoms with Gasteiger partial charge in [0.2, 0.25) is 12.5 Å². The van der Waals surface area contributed by atoms with E-state index < -0.39 is 6.10 Å². The monoisotopic (exact) mass is 494 g/mol. The van der Waals surface area contributed by atoms with Crippen molar-refractivity contribution in [2.75, 3.05) is 34.5 Å². The van der Waals surface area contributed by atoms with Gasteiger partial charge in [-0.3, -0.25) is 0 Å². The second-order valence-electron chi connectivity index (χ2n) is 13.2. The number of likely N-dealkylation sites (N-methyl/N-ethyl adjacent to an activating group) is 1. The summed E-state index contributed by atoms with van der Waals surface area (Å²) in [5.41, 5.74) is 7.67. The number of quaternary nitrogens is 1. The second-order valence-corrected chi connectivity index (χ2v) is 13.2. The predicted octanol–water partition coefficient (Wildman–Crippen LogP) is 6.12. The first-order valence-corrected chi connectivity index (χ1v) is 13.4. The lowest BCUT2D eigenvalue weighted by Gasteiger charge is -2.47. The number of nitrogens with zero attached hydrogens (tertiary/aromatic N) is 1. The van der Waals surface area contributed by atoms with Crippen LogP contribution in [0.25, 0.3) is 0 Å². The molecule has 0 spiro atoms. The molecule has 1 N–H and O–H groups in total. The fourth-order valence-corrected chi connectivity index (χ4v) is 7.08. The molecule has 0 unspecified atom stereocenters. The van der Waals surface area contributed by atoms with Crippen LogP contribution < -0.4 is 14.2 Å². The van der Waals surface area contributed by atoms with Gasteiger partial charge in [-0.05, 0) is 64.0 Å². The Kier molecular flexibility index (Phi) is 5.92. The zero-order valence-corrected chi connectivity index (χ0v) is 23.6. The largest absolute Gasteiger partial charge is 0.492 e. The molecular formula is C31H44NO4+. The molecule has 2 aromatic carbocycles. The molecule has 5 nitrogen and oxygen atoms in total. The summed E-state index contributed by atoms with van der Waals surface area (Å²) in [6, 6.07) is 6.88. The van der Waals surface area contributed by atoms with E-state index in [-0.39, 0.29) is 23.7 Å². The number of fused-ring (bicyclic) bond motifs is 3. The lowest BCUT2D eigenvalue weighted by Crippen LogP contribution is -2.48. The normalized spacial score (nSPS) is 25.6. The highest BCUT2D eigenvalue weighted by Gasteiger charge is 2.44. The molecule has 0 fully saturated rings. The van der Waals surface area contributed by atoms with Crippen molar-refractivity contribution < 1.29 is 23.8 Å². The Bertz CT molecular complexity index is 1200. The van der Waals surface area contributed by atoms with Crippen LogP contribution in [0.5, 0.6) is 17.2 Å². The number of aliphatic hydroxyl groups is 1. The van der Waals surface area contributed by atoms with E-state index in [4.69, 9.17) is 14.2 Å². The first kappa shape index (κ1) is 25.4. The second kappa shape index (κ2) is 8.39. The van der Waals surface area contributed by atoms with Gasteiger partial charge in [-0.1, -0.05) is 46.8 Å². The quantitative estimate of drug-likeness (QED) is 0.520. The number of ether oxygens (including phenoxy) is 3. The third kappa shape index (κ3) is 3.81. The molecule has 2 aliphatic heterocycles. The maximum atomic E-state index is 11.8. The average Bonchev–Trinajstić information content (AvgIpc) is 3.26. The lowest BCUT2D eigenvalue weighted by molar-refractivity contribution is -0.924. The van der Waals surface area contributed by atoms with Crippen LogP contribution in [-0.4, -0.2) is 44.1 Å². The van der Waals surface area contributed by atoms with Crippen molar-refractivity contribution >= 4 is 0 Å². The molecule has 2 aromatic rings. The van der Waals surface area contributed by atoms with Crippen LogP contribution in [0.1, 0.15) is 93.0 Å². The highest BCUT2D eigenvalue weighted by molar-refractivity contribution is 5.61.